The van der Waals surface area contributed by atoms with Gasteiger partial charge in [-0.05, 0) is 24.3 Å². The molecule has 0 spiro atoms. The number of fused-ring (bicyclic) bond motifs is 1. The molecule has 1 fully saturated rings. The predicted octanol–water partition coefficient (Wildman–Crippen LogP) is 3.28. The van der Waals surface area contributed by atoms with Crippen LogP contribution in [0.3, 0.4) is 0 Å². The Bertz CT molecular complexity index is 861. The molecular formula is C16H15F2N5S. The maximum absolute atomic E-state index is 12.9. The summed E-state index contributed by atoms with van der Waals surface area (Å²) in [7, 11) is 0. The largest absolute Gasteiger partial charge is 0.355 e. The Kier molecular flexibility index (Phi) is 4.05. The lowest BCUT2D eigenvalue weighted by Crippen LogP contribution is -2.33. The molecule has 0 aromatic carbocycles. The SMILES string of the molecule is FC(F)c1ccc2ncc(-c3ccnc(N4CCSCC4)c3)n2n1. The number of anilines is 1. The van der Waals surface area contributed by atoms with E-state index < -0.39 is 6.43 Å². The number of aromatic nitrogens is 4. The van der Waals surface area contributed by atoms with E-state index in [9.17, 15) is 8.78 Å². The van der Waals surface area contributed by atoms with Crippen LogP contribution in [-0.4, -0.2) is 44.2 Å². The van der Waals surface area contributed by atoms with E-state index in [0.29, 0.717) is 11.3 Å². The zero-order valence-electron chi connectivity index (χ0n) is 12.8. The molecule has 124 valence electrons. The Hall–Kier alpha value is -2.22. The van der Waals surface area contributed by atoms with Crippen molar-refractivity contribution < 1.29 is 8.78 Å². The quantitative estimate of drug-likeness (QED) is 0.728. The summed E-state index contributed by atoms with van der Waals surface area (Å²) in [6.45, 7) is 1.92. The minimum absolute atomic E-state index is 0.260. The van der Waals surface area contributed by atoms with Crippen LogP contribution in [0, 0.1) is 0 Å². The van der Waals surface area contributed by atoms with Gasteiger partial charge in [0.1, 0.15) is 11.5 Å². The average molecular weight is 347 g/mol. The molecular weight excluding hydrogens is 332 g/mol. The van der Waals surface area contributed by atoms with Crippen LogP contribution in [0.4, 0.5) is 14.6 Å². The van der Waals surface area contributed by atoms with Crippen LogP contribution in [0.25, 0.3) is 16.9 Å². The van der Waals surface area contributed by atoms with Gasteiger partial charge >= 0.3 is 0 Å². The summed E-state index contributed by atoms with van der Waals surface area (Å²) in [4.78, 5) is 10.9. The molecule has 4 heterocycles. The van der Waals surface area contributed by atoms with E-state index in [4.69, 9.17) is 0 Å². The first-order valence-electron chi connectivity index (χ1n) is 7.64. The molecule has 0 bridgehead atoms. The number of hydrogen-bond acceptors (Lipinski definition) is 5. The fraction of sp³-hybridized carbons (Fsp3) is 0.312. The number of rotatable bonds is 3. The molecule has 0 unspecified atom stereocenters. The molecule has 0 N–H and O–H groups in total. The molecule has 0 amide bonds. The van der Waals surface area contributed by atoms with Gasteiger partial charge in [-0.2, -0.15) is 16.9 Å². The second kappa shape index (κ2) is 6.35. The zero-order valence-corrected chi connectivity index (χ0v) is 13.6. The van der Waals surface area contributed by atoms with E-state index >= 15 is 0 Å². The topological polar surface area (TPSA) is 46.3 Å². The van der Waals surface area contributed by atoms with E-state index in [2.05, 4.69) is 20.0 Å². The van der Waals surface area contributed by atoms with Gasteiger partial charge in [0, 0.05) is 36.4 Å². The van der Waals surface area contributed by atoms with Crippen molar-refractivity contribution >= 4 is 23.2 Å². The Morgan fingerprint density at radius 3 is 2.71 bits per heavy atom. The van der Waals surface area contributed by atoms with E-state index in [1.807, 2.05) is 23.9 Å². The fourth-order valence-corrected chi connectivity index (χ4v) is 3.65. The molecule has 0 radical (unpaired) electrons. The third kappa shape index (κ3) is 2.82. The van der Waals surface area contributed by atoms with Crippen molar-refractivity contribution in [3.63, 3.8) is 0 Å². The number of alkyl halides is 2. The molecule has 24 heavy (non-hydrogen) atoms. The second-order valence-corrected chi connectivity index (χ2v) is 6.70. The summed E-state index contributed by atoms with van der Waals surface area (Å²) in [6.07, 6.45) is 0.786. The zero-order chi connectivity index (χ0) is 16.5. The Morgan fingerprint density at radius 1 is 1.08 bits per heavy atom. The van der Waals surface area contributed by atoms with Gasteiger partial charge < -0.3 is 4.90 Å². The van der Waals surface area contributed by atoms with E-state index in [0.717, 1.165) is 36.0 Å². The van der Waals surface area contributed by atoms with Crippen molar-refractivity contribution in [1.29, 1.82) is 0 Å². The number of hydrogen-bond donors (Lipinski definition) is 0. The van der Waals surface area contributed by atoms with Gasteiger partial charge in [0.2, 0.25) is 0 Å². The van der Waals surface area contributed by atoms with Gasteiger partial charge in [-0.15, -0.1) is 0 Å². The third-order valence-corrected chi connectivity index (χ3v) is 4.93. The molecule has 0 atom stereocenters. The molecule has 0 aliphatic carbocycles. The molecule has 1 aliphatic rings. The maximum Gasteiger partial charge on any atom is 0.282 e. The van der Waals surface area contributed by atoms with Crippen LogP contribution >= 0.6 is 11.8 Å². The molecule has 5 nitrogen and oxygen atoms in total. The number of halogens is 2. The van der Waals surface area contributed by atoms with Gasteiger partial charge in [-0.3, -0.25) is 0 Å². The number of thioether (sulfide) groups is 1. The summed E-state index contributed by atoms with van der Waals surface area (Å²) in [6, 6.07) is 6.68. The summed E-state index contributed by atoms with van der Waals surface area (Å²) < 4.78 is 27.3. The van der Waals surface area contributed by atoms with Crippen LogP contribution < -0.4 is 4.90 Å². The van der Waals surface area contributed by atoms with Crippen molar-refractivity contribution in [3.8, 4) is 11.3 Å². The van der Waals surface area contributed by atoms with Crippen LogP contribution in [0.5, 0.6) is 0 Å². The van der Waals surface area contributed by atoms with Crippen LogP contribution in [0.1, 0.15) is 12.1 Å². The first kappa shape index (κ1) is 15.3. The van der Waals surface area contributed by atoms with Crippen molar-refractivity contribution in [3.05, 3.63) is 42.4 Å². The Morgan fingerprint density at radius 2 is 1.92 bits per heavy atom. The summed E-state index contributed by atoms with van der Waals surface area (Å²) in [5.41, 5.74) is 1.83. The molecule has 3 aromatic rings. The minimum atomic E-state index is -2.61. The lowest BCUT2D eigenvalue weighted by atomic mass is 10.2. The maximum atomic E-state index is 12.9. The van der Waals surface area contributed by atoms with Crippen molar-refractivity contribution in [1.82, 2.24) is 19.6 Å². The van der Waals surface area contributed by atoms with Crippen molar-refractivity contribution in [2.45, 2.75) is 6.43 Å². The predicted molar refractivity (Wildman–Crippen MR) is 90.7 cm³/mol. The van der Waals surface area contributed by atoms with Gasteiger partial charge in [-0.1, -0.05) is 0 Å². The van der Waals surface area contributed by atoms with Crippen LogP contribution in [-0.2, 0) is 0 Å². The number of nitrogens with zero attached hydrogens (tertiary/aromatic N) is 5. The van der Waals surface area contributed by atoms with Gasteiger partial charge in [0.05, 0.1) is 11.9 Å². The molecule has 8 heteroatoms. The highest BCUT2D eigenvalue weighted by molar-refractivity contribution is 7.99. The lowest BCUT2D eigenvalue weighted by molar-refractivity contribution is 0.144. The number of pyridine rings is 1. The fourth-order valence-electron chi connectivity index (χ4n) is 2.74. The monoisotopic (exact) mass is 347 g/mol. The third-order valence-electron chi connectivity index (χ3n) is 3.98. The molecule has 1 aliphatic heterocycles. The highest BCUT2D eigenvalue weighted by Crippen LogP contribution is 2.26. The van der Waals surface area contributed by atoms with Crippen LogP contribution in [0.15, 0.2) is 36.7 Å². The first-order valence-corrected chi connectivity index (χ1v) is 8.80. The van der Waals surface area contributed by atoms with Crippen molar-refractivity contribution in [2.75, 3.05) is 29.5 Å². The summed E-state index contributed by atoms with van der Waals surface area (Å²) >= 11 is 1.94. The summed E-state index contributed by atoms with van der Waals surface area (Å²) in [5.74, 6) is 3.06. The van der Waals surface area contributed by atoms with Crippen LogP contribution in [0.2, 0.25) is 0 Å². The number of imidazole rings is 1. The molecule has 0 saturated carbocycles. The van der Waals surface area contributed by atoms with Crippen molar-refractivity contribution in [2.24, 2.45) is 0 Å². The van der Waals surface area contributed by atoms with Gasteiger partial charge in [0.15, 0.2) is 5.65 Å². The first-order chi connectivity index (χ1) is 11.7. The smallest absolute Gasteiger partial charge is 0.282 e. The van der Waals surface area contributed by atoms with E-state index in [1.165, 1.54) is 10.6 Å². The Balaban J connectivity index is 1.75. The minimum Gasteiger partial charge on any atom is -0.355 e. The Labute approximate surface area is 141 Å². The van der Waals surface area contributed by atoms with Gasteiger partial charge in [-0.25, -0.2) is 23.3 Å². The molecule has 3 aromatic heterocycles. The standard InChI is InChI=1S/C16H15F2N5S/c17-16(18)12-1-2-14-20-10-13(23(14)21-12)11-3-4-19-15(9-11)22-5-7-24-8-6-22/h1-4,9-10,16H,5-8H2. The summed E-state index contributed by atoms with van der Waals surface area (Å²) in [5, 5.41) is 4.02. The average Bonchev–Trinajstić information content (AvgIpc) is 3.05. The van der Waals surface area contributed by atoms with E-state index in [1.54, 1.807) is 18.5 Å². The normalized spacial score (nSPS) is 15.4. The van der Waals surface area contributed by atoms with E-state index in [-0.39, 0.29) is 5.69 Å². The lowest BCUT2D eigenvalue weighted by Gasteiger charge is -2.27. The highest BCUT2D eigenvalue weighted by Gasteiger charge is 2.16. The highest BCUT2D eigenvalue weighted by atomic mass is 32.2. The molecule has 4 rings (SSSR count). The molecule has 1 saturated heterocycles. The van der Waals surface area contributed by atoms with Gasteiger partial charge in [0.25, 0.3) is 6.43 Å². The second-order valence-electron chi connectivity index (χ2n) is 5.47.